The topological polar surface area (TPSA) is 29.1 Å². The molecule has 21 heavy (non-hydrogen) atoms. The molecule has 0 unspecified atom stereocenters. The van der Waals surface area contributed by atoms with Crippen LogP contribution in [0.3, 0.4) is 0 Å². The van der Waals surface area contributed by atoms with Gasteiger partial charge in [-0.1, -0.05) is 28.1 Å². The lowest BCUT2D eigenvalue weighted by atomic mass is 10.1. The Morgan fingerprint density at radius 1 is 1.14 bits per heavy atom. The Morgan fingerprint density at radius 3 is 2.48 bits per heavy atom. The largest absolute Gasteiger partial charge is 0.416 e. The number of nitrogens with one attached hydrogen (secondary N) is 1. The van der Waals surface area contributed by atoms with Gasteiger partial charge in [-0.3, -0.25) is 4.79 Å². The van der Waals surface area contributed by atoms with E-state index in [1.165, 1.54) is 6.07 Å². The molecule has 0 aromatic heterocycles. The average Bonchev–Trinajstić information content (AvgIpc) is 2.40. The zero-order valence-corrected chi connectivity index (χ0v) is 12.5. The third kappa shape index (κ3) is 3.85. The molecule has 6 heteroatoms. The SMILES string of the molecule is Cc1ccc(C(F)(F)F)cc1NC(=O)c1cccc(Br)c1. The van der Waals surface area contributed by atoms with Gasteiger partial charge in [0.2, 0.25) is 0 Å². The summed E-state index contributed by atoms with van der Waals surface area (Å²) < 4.78 is 38.8. The fraction of sp³-hybridized carbons (Fsp3) is 0.133. The van der Waals surface area contributed by atoms with E-state index in [9.17, 15) is 18.0 Å². The summed E-state index contributed by atoms with van der Waals surface area (Å²) in [6, 6.07) is 9.88. The lowest BCUT2D eigenvalue weighted by Gasteiger charge is -2.12. The summed E-state index contributed by atoms with van der Waals surface area (Å²) in [4.78, 5) is 12.1. The van der Waals surface area contributed by atoms with Crippen molar-refractivity contribution >= 4 is 27.5 Å². The number of halogens is 4. The molecule has 0 saturated heterocycles. The maximum absolute atomic E-state index is 12.7. The van der Waals surface area contributed by atoms with Crippen molar-refractivity contribution in [1.82, 2.24) is 0 Å². The Kier molecular flexibility index (Phi) is 4.37. The molecule has 110 valence electrons. The van der Waals surface area contributed by atoms with Crippen LogP contribution < -0.4 is 5.32 Å². The Labute approximate surface area is 128 Å². The highest BCUT2D eigenvalue weighted by Gasteiger charge is 2.30. The summed E-state index contributed by atoms with van der Waals surface area (Å²) in [6.07, 6.45) is -4.44. The molecule has 0 aliphatic carbocycles. The van der Waals surface area contributed by atoms with Crippen molar-refractivity contribution in [3.05, 3.63) is 63.6 Å². The summed E-state index contributed by atoms with van der Waals surface area (Å²) in [6.45, 7) is 1.64. The molecule has 0 spiro atoms. The Bertz CT molecular complexity index is 683. The first-order valence-corrected chi connectivity index (χ1v) is 6.81. The van der Waals surface area contributed by atoms with Gasteiger partial charge in [0.25, 0.3) is 5.91 Å². The van der Waals surface area contributed by atoms with Gasteiger partial charge in [-0.15, -0.1) is 0 Å². The second-order valence-electron chi connectivity index (χ2n) is 4.49. The van der Waals surface area contributed by atoms with Crippen molar-refractivity contribution < 1.29 is 18.0 Å². The highest BCUT2D eigenvalue weighted by molar-refractivity contribution is 9.10. The molecule has 0 atom stereocenters. The number of hydrogen-bond donors (Lipinski definition) is 1. The van der Waals surface area contributed by atoms with Crippen LogP contribution in [0.5, 0.6) is 0 Å². The van der Waals surface area contributed by atoms with Crippen LogP contribution in [0.25, 0.3) is 0 Å². The second kappa shape index (κ2) is 5.89. The summed E-state index contributed by atoms with van der Waals surface area (Å²) in [7, 11) is 0. The molecule has 1 amide bonds. The molecule has 0 saturated carbocycles. The van der Waals surface area contributed by atoms with Crippen molar-refractivity contribution in [3.8, 4) is 0 Å². The number of benzene rings is 2. The van der Waals surface area contributed by atoms with Crippen molar-refractivity contribution in [2.75, 3.05) is 5.32 Å². The number of amides is 1. The van der Waals surface area contributed by atoms with Crippen LogP contribution in [0, 0.1) is 6.92 Å². The Hall–Kier alpha value is -1.82. The molecule has 2 aromatic rings. The van der Waals surface area contributed by atoms with Crippen molar-refractivity contribution in [1.29, 1.82) is 0 Å². The fourth-order valence-corrected chi connectivity index (χ4v) is 2.16. The van der Waals surface area contributed by atoms with Crippen molar-refractivity contribution in [3.63, 3.8) is 0 Å². The quantitative estimate of drug-likeness (QED) is 0.802. The van der Waals surface area contributed by atoms with E-state index in [4.69, 9.17) is 0 Å². The van der Waals surface area contributed by atoms with Gasteiger partial charge in [0.15, 0.2) is 0 Å². The molecule has 0 aliphatic rings. The molecule has 0 heterocycles. The lowest BCUT2D eigenvalue weighted by Crippen LogP contribution is -2.14. The monoisotopic (exact) mass is 357 g/mol. The van der Waals surface area contributed by atoms with Crippen LogP contribution in [0.1, 0.15) is 21.5 Å². The first-order chi connectivity index (χ1) is 9.77. The second-order valence-corrected chi connectivity index (χ2v) is 5.41. The van der Waals surface area contributed by atoms with E-state index in [2.05, 4.69) is 21.2 Å². The lowest BCUT2D eigenvalue weighted by molar-refractivity contribution is -0.137. The molecule has 1 N–H and O–H groups in total. The minimum atomic E-state index is -4.44. The number of carbonyl (C=O) groups is 1. The number of rotatable bonds is 2. The maximum atomic E-state index is 12.7. The van der Waals surface area contributed by atoms with Gasteiger partial charge < -0.3 is 5.32 Å². The van der Waals surface area contributed by atoms with Crippen LogP contribution >= 0.6 is 15.9 Å². The molecular weight excluding hydrogens is 347 g/mol. The molecule has 0 aliphatic heterocycles. The number of hydrogen-bond acceptors (Lipinski definition) is 1. The molecule has 2 aromatic carbocycles. The average molecular weight is 358 g/mol. The van der Waals surface area contributed by atoms with Gasteiger partial charge in [0, 0.05) is 15.7 Å². The van der Waals surface area contributed by atoms with Crippen LogP contribution in [0.2, 0.25) is 0 Å². The smallest absolute Gasteiger partial charge is 0.322 e. The predicted molar refractivity (Wildman–Crippen MR) is 78.3 cm³/mol. The van der Waals surface area contributed by atoms with Crippen LogP contribution in [0.15, 0.2) is 46.9 Å². The molecule has 0 fully saturated rings. The molecule has 0 radical (unpaired) electrons. The predicted octanol–water partition coefficient (Wildman–Crippen LogP) is 5.03. The highest BCUT2D eigenvalue weighted by atomic mass is 79.9. The normalized spacial score (nSPS) is 11.3. The summed E-state index contributed by atoms with van der Waals surface area (Å²) in [5.41, 5.74) is 0.278. The van der Waals surface area contributed by atoms with Crippen LogP contribution in [-0.2, 0) is 6.18 Å². The summed E-state index contributed by atoms with van der Waals surface area (Å²) in [5.74, 6) is -0.460. The Balaban J connectivity index is 2.29. The van der Waals surface area contributed by atoms with Crippen LogP contribution in [0.4, 0.5) is 18.9 Å². The fourth-order valence-electron chi connectivity index (χ4n) is 1.76. The summed E-state index contributed by atoms with van der Waals surface area (Å²) >= 11 is 3.24. The van der Waals surface area contributed by atoms with E-state index in [-0.39, 0.29) is 5.69 Å². The maximum Gasteiger partial charge on any atom is 0.416 e. The molecule has 2 rings (SSSR count). The number of carbonyl (C=O) groups excluding carboxylic acids is 1. The van der Waals surface area contributed by atoms with Crippen molar-refractivity contribution in [2.24, 2.45) is 0 Å². The first-order valence-electron chi connectivity index (χ1n) is 6.02. The van der Waals surface area contributed by atoms with E-state index in [0.29, 0.717) is 11.1 Å². The van der Waals surface area contributed by atoms with E-state index in [0.717, 1.165) is 16.6 Å². The highest BCUT2D eigenvalue weighted by Crippen LogP contribution is 2.32. The third-order valence-corrected chi connectivity index (χ3v) is 3.39. The van der Waals surface area contributed by atoms with E-state index in [1.54, 1.807) is 31.2 Å². The van der Waals surface area contributed by atoms with E-state index in [1.807, 2.05) is 0 Å². The number of aryl methyl sites for hydroxylation is 1. The van der Waals surface area contributed by atoms with Crippen molar-refractivity contribution in [2.45, 2.75) is 13.1 Å². The van der Waals surface area contributed by atoms with Gasteiger partial charge in [0.1, 0.15) is 0 Å². The molecule has 0 bridgehead atoms. The minimum absolute atomic E-state index is 0.148. The van der Waals surface area contributed by atoms with Crippen LogP contribution in [-0.4, -0.2) is 5.91 Å². The van der Waals surface area contributed by atoms with E-state index < -0.39 is 17.6 Å². The Morgan fingerprint density at radius 2 is 1.86 bits per heavy atom. The zero-order valence-electron chi connectivity index (χ0n) is 11.0. The van der Waals surface area contributed by atoms with Gasteiger partial charge in [0.05, 0.1) is 5.56 Å². The number of alkyl halides is 3. The van der Waals surface area contributed by atoms with Gasteiger partial charge in [-0.05, 0) is 42.8 Å². The minimum Gasteiger partial charge on any atom is -0.322 e. The number of anilines is 1. The standard InChI is InChI=1S/C15H11BrF3NO/c1-9-5-6-11(15(17,18)19)8-13(9)20-14(21)10-3-2-4-12(16)7-10/h2-8H,1H3,(H,20,21). The van der Waals surface area contributed by atoms with Gasteiger partial charge in [-0.2, -0.15) is 13.2 Å². The molecular formula is C15H11BrF3NO. The zero-order chi connectivity index (χ0) is 15.6. The summed E-state index contributed by atoms with van der Waals surface area (Å²) in [5, 5.41) is 2.51. The van der Waals surface area contributed by atoms with Gasteiger partial charge >= 0.3 is 6.18 Å². The van der Waals surface area contributed by atoms with Gasteiger partial charge in [-0.25, -0.2) is 0 Å². The third-order valence-electron chi connectivity index (χ3n) is 2.90. The van der Waals surface area contributed by atoms with E-state index >= 15 is 0 Å². The molecule has 2 nitrogen and oxygen atoms in total. The first kappa shape index (κ1) is 15.6.